The van der Waals surface area contributed by atoms with Gasteiger partial charge in [0.2, 0.25) is 21.8 Å². The van der Waals surface area contributed by atoms with Crippen molar-refractivity contribution in [2.45, 2.75) is 71.0 Å². The van der Waals surface area contributed by atoms with E-state index in [1.54, 1.807) is 31.2 Å². The third kappa shape index (κ3) is 7.78. The van der Waals surface area contributed by atoms with E-state index in [9.17, 15) is 22.4 Å². The fourth-order valence-corrected chi connectivity index (χ4v) is 5.44. The highest BCUT2D eigenvalue weighted by Gasteiger charge is 2.28. The second-order valence-corrected chi connectivity index (χ2v) is 11.5. The van der Waals surface area contributed by atoms with Crippen LogP contribution < -0.4 is 9.62 Å². The summed E-state index contributed by atoms with van der Waals surface area (Å²) in [5.74, 6) is -0.846. The van der Waals surface area contributed by atoms with E-state index >= 15 is 0 Å². The van der Waals surface area contributed by atoms with Crippen LogP contribution in [0.15, 0.2) is 48.5 Å². The molecule has 0 saturated heterocycles. The number of hydrogen-bond donors (Lipinski definition) is 1. The van der Waals surface area contributed by atoms with E-state index in [2.05, 4.69) is 5.32 Å². The number of halogens is 1. The number of nitrogens with one attached hydrogen (secondary N) is 1. The molecule has 0 spiro atoms. The predicted molar refractivity (Wildman–Crippen MR) is 139 cm³/mol. The van der Waals surface area contributed by atoms with Gasteiger partial charge < -0.3 is 10.2 Å². The first kappa shape index (κ1) is 27.6. The smallest absolute Gasteiger partial charge is 0.242 e. The van der Waals surface area contributed by atoms with Crippen molar-refractivity contribution in [1.29, 1.82) is 0 Å². The first-order chi connectivity index (χ1) is 17.0. The fraction of sp³-hybridized carbons (Fsp3) is 0.481. The number of rotatable bonds is 11. The van der Waals surface area contributed by atoms with Crippen molar-refractivity contribution < 1.29 is 22.4 Å². The minimum Gasteiger partial charge on any atom is -0.352 e. The summed E-state index contributed by atoms with van der Waals surface area (Å²) in [4.78, 5) is 27.8. The van der Waals surface area contributed by atoms with E-state index in [1.807, 2.05) is 19.1 Å². The lowest BCUT2D eigenvalue weighted by Crippen LogP contribution is -2.49. The van der Waals surface area contributed by atoms with Gasteiger partial charge in [-0.05, 0) is 62.9 Å². The Morgan fingerprint density at radius 3 is 2.25 bits per heavy atom. The molecule has 2 aromatic rings. The van der Waals surface area contributed by atoms with Gasteiger partial charge in [-0.2, -0.15) is 0 Å². The van der Waals surface area contributed by atoms with Crippen molar-refractivity contribution in [3.8, 4) is 0 Å². The van der Waals surface area contributed by atoms with Gasteiger partial charge in [0.05, 0.1) is 11.9 Å². The molecule has 1 fully saturated rings. The molecule has 1 atom stereocenters. The molecule has 0 aromatic heterocycles. The predicted octanol–water partition coefficient (Wildman–Crippen LogP) is 4.16. The van der Waals surface area contributed by atoms with Gasteiger partial charge in [0.25, 0.3) is 0 Å². The summed E-state index contributed by atoms with van der Waals surface area (Å²) < 4.78 is 39.5. The summed E-state index contributed by atoms with van der Waals surface area (Å²) in [5.41, 5.74) is 2.27. The Balaban J connectivity index is 1.70. The second-order valence-electron chi connectivity index (χ2n) is 9.59. The Labute approximate surface area is 213 Å². The molecule has 9 heteroatoms. The van der Waals surface area contributed by atoms with Crippen molar-refractivity contribution in [1.82, 2.24) is 10.2 Å². The zero-order valence-electron chi connectivity index (χ0n) is 21.2. The zero-order valence-corrected chi connectivity index (χ0v) is 22.1. The number of carbonyl (C=O) groups is 2. The highest BCUT2D eigenvalue weighted by Crippen LogP contribution is 2.21. The van der Waals surface area contributed by atoms with Crippen LogP contribution in [0.4, 0.5) is 10.1 Å². The Morgan fingerprint density at radius 2 is 1.67 bits per heavy atom. The first-order valence-electron chi connectivity index (χ1n) is 12.4. The maximum atomic E-state index is 13.4. The van der Waals surface area contributed by atoms with Gasteiger partial charge in [-0.15, -0.1) is 0 Å². The van der Waals surface area contributed by atoms with Gasteiger partial charge in [-0.3, -0.25) is 13.9 Å². The van der Waals surface area contributed by atoms with Crippen molar-refractivity contribution in [3.63, 3.8) is 0 Å². The molecule has 3 rings (SSSR count). The highest BCUT2D eigenvalue weighted by molar-refractivity contribution is 7.92. The largest absolute Gasteiger partial charge is 0.352 e. The van der Waals surface area contributed by atoms with Crippen molar-refractivity contribution in [2.75, 3.05) is 17.1 Å². The van der Waals surface area contributed by atoms with Crippen LogP contribution in [0.25, 0.3) is 0 Å². The highest BCUT2D eigenvalue weighted by atomic mass is 32.2. The average molecular weight is 518 g/mol. The van der Waals surface area contributed by atoms with E-state index in [0.717, 1.165) is 37.5 Å². The lowest BCUT2D eigenvalue weighted by atomic mass is 10.1. The SMILES string of the molecule is Cc1ccc(N(CCCC(=O)N(Cc2ccc(F)cc2)[C@H](C)C(=O)NC2CCCC2)S(C)(=O)=O)cc1. The van der Waals surface area contributed by atoms with Crippen LogP contribution in [-0.2, 0) is 26.2 Å². The molecule has 1 aliphatic rings. The lowest BCUT2D eigenvalue weighted by molar-refractivity contribution is -0.141. The van der Waals surface area contributed by atoms with Crippen molar-refractivity contribution in [2.24, 2.45) is 0 Å². The molecule has 196 valence electrons. The van der Waals surface area contributed by atoms with Crippen LogP contribution in [0.5, 0.6) is 0 Å². The first-order valence-corrected chi connectivity index (χ1v) is 14.3. The quantitative estimate of drug-likeness (QED) is 0.485. The number of nitrogens with zero attached hydrogens (tertiary/aromatic N) is 2. The van der Waals surface area contributed by atoms with Gasteiger partial charge >= 0.3 is 0 Å². The van der Waals surface area contributed by atoms with Crippen LogP contribution >= 0.6 is 0 Å². The van der Waals surface area contributed by atoms with E-state index < -0.39 is 16.1 Å². The number of sulfonamides is 1. The molecule has 36 heavy (non-hydrogen) atoms. The molecular weight excluding hydrogens is 481 g/mol. The van der Waals surface area contributed by atoms with Gasteiger partial charge in [-0.1, -0.05) is 42.7 Å². The Hall–Kier alpha value is -2.94. The monoisotopic (exact) mass is 517 g/mol. The van der Waals surface area contributed by atoms with Crippen LogP contribution in [0.1, 0.15) is 56.6 Å². The van der Waals surface area contributed by atoms with E-state index in [-0.39, 0.29) is 49.6 Å². The molecule has 0 aliphatic heterocycles. The minimum absolute atomic E-state index is 0.0696. The Morgan fingerprint density at radius 1 is 1.06 bits per heavy atom. The summed E-state index contributed by atoms with van der Waals surface area (Å²) in [6, 6.07) is 12.4. The summed E-state index contributed by atoms with van der Waals surface area (Å²) in [7, 11) is -3.54. The molecule has 0 bridgehead atoms. The molecule has 0 unspecified atom stereocenters. The van der Waals surface area contributed by atoms with Crippen LogP contribution in [0.2, 0.25) is 0 Å². The van der Waals surface area contributed by atoms with Gasteiger partial charge in [0.1, 0.15) is 11.9 Å². The number of benzene rings is 2. The molecule has 1 saturated carbocycles. The number of anilines is 1. The summed E-state index contributed by atoms with van der Waals surface area (Å²) in [5, 5.41) is 3.05. The van der Waals surface area contributed by atoms with Gasteiger partial charge in [0, 0.05) is 25.6 Å². The maximum absolute atomic E-state index is 13.4. The standard InChI is InChI=1S/C27H36FN3O4S/c1-20-10-16-25(17-11-20)31(36(3,34)35)18-6-9-26(32)30(19-22-12-14-23(28)15-13-22)21(2)27(33)29-24-7-4-5-8-24/h10-17,21,24H,4-9,18-19H2,1-3H3,(H,29,33)/t21-/m1/s1. The summed E-state index contributed by atoms with van der Waals surface area (Å²) in [6.07, 6.45) is 5.53. The van der Waals surface area contributed by atoms with E-state index in [0.29, 0.717) is 11.3 Å². The Bertz CT molecular complexity index is 1130. The Kier molecular flexibility index (Phi) is 9.48. The number of carbonyl (C=O) groups excluding carboxylic acids is 2. The normalized spacial score (nSPS) is 14.9. The zero-order chi connectivity index (χ0) is 26.3. The maximum Gasteiger partial charge on any atom is 0.242 e. The van der Waals surface area contributed by atoms with Crippen LogP contribution in [0.3, 0.4) is 0 Å². The molecule has 0 radical (unpaired) electrons. The molecule has 0 heterocycles. The topological polar surface area (TPSA) is 86.8 Å². The summed E-state index contributed by atoms with van der Waals surface area (Å²) in [6.45, 7) is 3.92. The fourth-order valence-electron chi connectivity index (χ4n) is 4.48. The molecule has 1 aliphatic carbocycles. The molecule has 7 nitrogen and oxygen atoms in total. The van der Waals surface area contributed by atoms with Crippen molar-refractivity contribution >= 4 is 27.5 Å². The third-order valence-corrected chi connectivity index (χ3v) is 7.80. The number of hydrogen-bond acceptors (Lipinski definition) is 4. The summed E-state index contributed by atoms with van der Waals surface area (Å²) >= 11 is 0. The van der Waals surface area contributed by atoms with Crippen molar-refractivity contribution in [3.05, 3.63) is 65.5 Å². The van der Waals surface area contributed by atoms with E-state index in [4.69, 9.17) is 0 Å². The second kappa shape index (κ2) is 12.3. The average Bonchev–Trinajstić information content (AvgIpc) is 3.34. The molecule has 2 amide bonds. The van der Waals surface area contributed by atoms with Crippen LogP contribution in [0, 0.1) is 12.7 Å². The lowest BCUT2D eigenvalue weighted by Gasteiger charge is -2.30. The number of aryl methyl sites for hydroxylation is 1. The number of amides is 2. The van der Waals surface area contributed by atoms with Gasteiger partial charge in [-0.25, -0.2) is 12.8 Å². The molecule has 1 N–H and O–H groups in total. The minimum atomic E-state index is -3.54. The van der Waals surface area contributed by atoms with Crippen LogP contribution in [-0.4, -0.2) is 50.0 Å². The van der Waals surface area contributed by atoms with E-state index in [1.165, 1.54) is 21.3 Å². The molecular formula is C27H36FN3O4S. The molecule has 2 aromatic carbocycles. The third-order valence-electron chi connectivity index (χ3n) is 6.61. The van der Waals surface area contributed by atoms with Gasteiger partial charge in [0.15, 0.2) is 0 Å².